The molecule has 0 bridgehead atoms. The first-order valence-electron chi connectivity index (χ1n) is 7.22. The number of carbonyl (C=O) groups excluding carboxylic acids is 1. The molecule has 1 heterocycles. The molecule has 1 saturated heterocycles. The van der Waals surface area contributed by atoms with Crippen molar-refractivity contribution >= 4 is 15.7 Å². The van der Waals surface area contributed by atoms with Gasteiger partial charge in [-0.25, -0.2) is 8.42 Å². The van der Waals surface area contributed by atoms with E-state index in [-0.39, 0.29) is 18.0 Å². The van der Waals surface area contributed by atoms with E-state index in [1.165, 1.54) is 6.26 Å². The van der Waals surface area contributed by atoms with Crippen LogP contribution >= 0.6 is 0 Å². The number of nitrogens with one attached hydrogen (secondary N) is 2. The van der Waals surface area contributed by atoms with Crippen molar-refractivity contribution in [1.29, 1.82) is 0 Å². The molecule has 2 N–H and O–H groups in total. The first-order valence-corrected chi connectivity index (χ1v) is 9.11. The van der Waals surface area contributed by atoms with Gasteiger partial charge in [0.2, 0.25) is 5.91 Å². The maximum atomic E-state index is 12.1. The summed E-state index contributed by atoms with van der Waals surface area (Å²) >= 11 is 0. The lowest BCUT2D eigenvalue weighted by Gasteiger charge is -2.24. The van der Waals surface area contributed by atoms with E-state index in [4.69, 9.17) is 0 Å². The molecule has 1 aromatic carbocycles. The van der Waals surface area contributed by atoms with Gasteiger partial charge >= 0.3 is 0 Å². The normalized spacial score (nSPS) is 20.8. The smallest absolute Gasteiger partial charge is 0.237 e. The summed E-state index contributed by atoms with van der Waals surface area (Å²) in [5.74, 6) is 0.00869. The number of carbonyl (C=O) groups is 1. The predicted octanol–water partition coefficient (Wildman–Crippen LogP) is 1.41. The van der Waals surface area contributed by atoms with Crippen molar-refractivity contribution < 1.29 is 13.2 Å². The molecule has 116 valence electrons. The van der Waals surface area contributed by atoms with Crippen LogP contribution in [0.2, 0.25) is 0 Å². The van der Waals surface area contributed by atoms with Crippen LogP contribution in [0.4, 0.5) is 0 Å². The average molecular weight is 310 g/mol. The van der Waals surface area contributed by atoms with Gasteiger partial charge in [0.1, 0.15) is 0 Å². The van der Waals surface area contributed by atoms with Crippen LogP contribution in [-0.2, 0) is 14.6 Å². The van der Waals surface area contributed by atoms with Gasteiger partial charge < -0.3 is 10.6 Å². The molecule has 5 nitrogen and oxygen atoms in total. The van der Waals surface area contributed by atoms with Crippen LogP contribution in [0.25, 0.3) is 0 Å². The van der Waals surface area contributed by atoms with Crippen LogP contribution in [0.1, 0.15) is 37.8 Å². The van der Waals surface area contributed by atoms with Crippen LogP contribution in [0, 0.1) is 0 Å². The zero-order chi connectivity index (χ0) is 15.5. The molecule has 0 saturated carbocycles. The van der Waals surface area contributed by atoms with E-state index in [0.717, 1.165) is 31.4 Å². The Kier molecular flexibility index (Phi) is 5.00. The highest BCUT2D eigenvalue weighted by atomic mass is 32.2. The zero-order valence-corrected chi connectivity index (χ0v) is 13.2. The van der Waals surface area contributed by atoms with E-state index in [1.54, 1.807) is 24.3 Å². The van der Waals surface area contributed by atoms with Crippen molar-refractivity contribution in [2.45, 2.75) is 43.2 Å². The summed E-state index contributed by atoms with van der Waals surface area (Å²) in [5, 5.41) is 6.19. The third-order valence-corrected chi connectivity index (χ3v) is 4.92. The van der Waals surface area contributed by atoms with Gasteiger partial charge in [0, 0.05) is 6.26 Å². The Morgan fingerprint density at radius 2 is 1.95 bits per heavy atom. The Morgan fingerprint density at radius 1 is 1.29 bits per heavy atom. The number of benzene rings is 1. The molecule has 0 radical (unpaired) electrons. The Balaban J connectivity index is 1.99. The zero-order valence-electron chi connectivity index (χ0n) is 12.4. The highest BCUT2D eigenvalue weighted by molar-refractivity contribution is 7.90. The SMILES string of the molecule is CC(NC(=O)[C@@H]1CCCCN1)c1ccc(S(C)(=O)=O)cc1. The summed E-state index contributed by atoms with van der Waals surface area (Å²) in [4.78, 5) is 12.4. The first-order chi connectivity index (χ1) is 9.88. The number of rotatable bonds is 4. The van der Waals surface area contributed by atoms with Crippen molar-refractivity contribution in [2.24, 2.45) is 0 Å². The standard InChI is InChI=1S/C15H22N2O3S/c1-11(17-15(18)14-5-3-4-10-16-14)12-6-8-13(9-7-12)21(2,19)20/h6-9,11,14,16H,3-5,10H2,1-2H3,(H,17,18)/t11?,14-/m0/s1. The van der Waals surface area contributed by atoms with E-state index in [0.29, 0.717) is 4.90 Å². The Bertz CT molecular complexity index is 590. The number of amides is 1. The number of hydrogen-bond donors (Lipinski definition) is 2. The van der Waals surface area contributed by atoms with Gasteiger partial charge in [-0.2, -0.15) is 0 Å². The molecular formula is C15H22N2O3S. The molecule has 0 aromatic heterocycles. The van der Waals surface area contributed by atoms with Crippen LogP contribution in [0.15, 0.2) is 29.2 Å². The van der Waals surface area contributed by atoms with Gasteiger partial charge in [-0.15, -0.1) is 0 Å². The van der Waals surface area contributed by atoms with Crippen LogP contribution < -0.4 is 10.6 Å². The van der Waals surface area contributed by atoms with E-state index in [1.807, 2.05) is 6.92 Å². The second-order valence-corrected chi connectivity index (χ2v) is 7.59. The minimum absolute atomic E-state index is 0.00869. The van der Waals surface area contributed by atoms with E-state index >= 15 is 0 Å². The molecule has 1 fully saturated rings. The number of hydrogen-bond acceptors (Lipinski definition) is 4. The third kappa shape index (κ3) is 4.28. The fourth-order valence-corrected chi connectivity index (χ4v) is 3.11. The molecule has 1 amide bonds. The summed E-state index contributed by atoms with van der Waals surface area (Å²) < 4.78 is 22.8. The van der Waals surface area contributed by atoms with Gasteiger partial charge in [-0.3, -0.25) is 4.79 Å². The van der Waals surface area contributed by atoms with E-state index < -0.39 is 9.84 Å². The fraction of sp³-hybridized carbons (Fsp3) is 0.533. The Morgan fingerprint density at radius 3 is 2.48 bits per heavy atom. The molecule has 1 aliphatic heterocycles. The monoisotopic (exact) mass is 310 g/mol. The molecule has 2 atom stereocenters. The van der Waals surface area contributed by atoms with Crippen molar-refractivity contribution in [1.82, 2.24) is 10.6 Å². The summed E-state index contributed by atoms with van der Waals surface area (Å²) in [6, 6.07) is 6.38. The summed E-state index contributed by atoms with van der Waals surface area (Å²) in [5.41, 5.74) is 0.895. The Labute approximate surface area is 126 Å². The highest BCUT2D eigenvalue weighted by Crippen LogP contribution is 2.17. The molecule has 0 spiro atoms. The quantitative estimate of drug-likeness (QED) is 0.882. The second-order valence-electron chi connectivity index (χ2n) is 5.57. The van der Waals surface area contributed by atoms with Gasteiger partial charge in [-0.05, 0) is 44.0 Å². The van der Waals surface area contributed by atoms with Crippen LogP contribution in [-0.4, -0.2) is 33.2 Å². The van der Waals surface area contributed by atoms with Crippen molar-refractivity contribution in [3.8, 4) is 0 Å². The van der Waals surface area contributed by atoms with Crippen molar-refractivity contribution in [3.05, 3.63) is 29.8 Å². The van der Waals surface area contributed by atoms with Crippen LogP contribution in [0.5, 0.6) is 0 Å². The van der Waals surface area contributed by atoms with Gasteiger partial charge in [0.15, 0.2) is 9.84 Å². The lowest BCUT2D eigenvalue weighted by Crippen LogP contribution is -2.47. The van der Waals surface area contributed by atoms with Gasteiger partial charge in [0.05, 0.1) is 17.0 Å². The summed E-state index contributed by atoms with van der Waals surface area (Å²) in [6.45, 7) is 2.78. The number of piperidine rings is 1. The molecule has 6 heteroatoms. The summed E-state index contributed by atoms with van der Waals surface area (Å²) in [7, 11) is -3.18. The molecule has 1 unspecified atom stereocenters. The van der Waals surface area contributed by atoms with E-state index in [9.17, 15) is 13.2 Å². The molecule has 1 aromatic rings. The largest absolute Gasteiger partial charge is 0.348 e. The van der Waals surface area contributed by atoms with Gasteiger partial charge in [-0.1, -0.05) is 18.6 Å². The van der Waals surface area contributed by atoms with E-state index in [2.05, 4.69) is 10.6 Å². The predicted molar refractivity (Wildman–Crippen MR) is 81.8 cm³/mol. The lowest BCUT2D eigenvalue weighted by atomic mass is 10.0. The summed E-state index contributed by atoms with van der Waals surface area (Å²) in [6.07, 6.45) is 4.24. The number of sulfone groups is 1. The topological polar surface area (TPSA) is 75.3 Å². The van der Waals surface area contributed by atoms with Crippen LogP contribution in [0.3, 0.4) is 0 Å². The first kappa shape index (κ1) is 16.0. The third-order valence-electron chi connectivity index (χ3n) is 3.79. The van der Waals surface area contributed by atoms with Gasteiger partial charge in [0.25, 0.3) is 0 Å². The molecule has 21 heavy (non-hydrogen) atoms. The molecule has 0 aliphatic carbocycles. The Hall–Kier alpha value is -1.40. The minimum Gasteiger partial charge on any atom is -0.348 e. The fourth-order valence-electron chi connectivity index (χ4n) is 2.48. The molecular weight excluding hydrogens is 288 g/mol. The van der Waals surface area contributed by atoms with Crippen molar-refractivity contribution in [3.63, 3.8) is 0 Å². The second kappa shape index (κ2) is 6.58. The highest BCUT2D eigenvalue weighted by Gasteiger charge is 2.22. The minimum atomic E-state index is -3.18. The maximum absolute atomic E-state index is 12.1. The average Bonchev–Trinajstić information content (AvgIpc) is 2.47. The lowest BCUT2D eigenvalue weighted by molar-refractivity contribution is -0.124. The maximum Gasteiger partial charge on any atom is 0.237 e. The molecule has 2 rings (SSSR count). The van der Waals surface area contributed by atoms with Crippen molar-refractivity contribution in [2.75, 3.05) is 12.8 Å². The molecule has 1 aliphatic rings.